The van der Waals surface area contributed by atoms with E-state index in [0.29, 0.717) is 11.8 Å². The summed E-state index contributed by atoms with van der Waals surface area (Å²) < 4.78 is 0. The van der Waals surface area contributed by atoms with E-state index < -0.39 is 29.8 Å². The Kier molecular flexibility index (Phi) is 32.1. The van der Waals surface area contributed by atoms with Crippen LogP contribution in [0.15, 0.2) is 5.11 Å². The second kappa shape index (κ2) is 25.7. The number of carboxylic acid groups (broad SMARTS) is 2. The van der Waals surface area contributed by atoms with Crippen LogP contribution in [0.2, 0.25) is 0 Å². The molecule has 0 aromatic heterocycles. The molecule has 2 aliphatic carbocycles. The van der Waals surface area contributed by atoms with Crippen LogP contribution in [0, 0.1) is 56.3 Å². The zero-order valence-corrected chi connectivity index (χ0v) is 25.0. The number of aliphatic carboxylic acids is 2. The third-order valence-corrected chi connectivity index (χ3v) is 5.70. The molecule has 0 aromatic carbocycles. The van der Waals surface area contributed by atoms with E-state index in [2.05, 4.69) is 29.8 Å². The Bertz CT molecular complexity index is 622. The predicted octanol–water partition coefficient (Wildman–Crippen LogP) is 4.13. The van der Waals surface area contributed by atoms with Gasteiger partial charge in [0.25, 0.3) is 11.9 Å². The summed E-state index contributed by atoms with van der Waals surface area (Å²) in [7, 11) is 0. The molecule has 0 radical (unpaired) electrons. The Labute approximate surface area is 243 Å². The summed E-state index contributed by atoms with van der Waals surface area (Å²) in [5.41, 5.74) is 23.0. The van der Waals surface area contributed by atoms with Crippen molar-refractivity contribution in [3.8, 4) is 12.3 Å². The van der Waals surface area contributed by atoms with Crippen LogP contribution in [0.1, 0.15) is 58.3 Å². The molecule has 0 aromatic rings. The first-order chi connectivity index (χ1) is 15.0. The van der Waals surface area contributed by atoms with Crippen LogP contribution >= 0.6 is 0 Å². The third-order valence-electron chi connectivity index (χ3n) is 5.70. The van der Waals surface area contributed by atoms with Gasteiger partial charge in [0.2, 0.25) is 0 Å². The molecule has 13 heteroatoms. The summed E-state index contributed by atoms with van der Waals surface area (Å²) in [4.78, 5) is 23.7. The number of nitrogens with zero attached hydrogens (tertiary/aromatic N) is 3. The Morgan fingerprint density at radius 2 is 1.39 bits per heavy atom. The van der Waals surface area contributed by atoms with Crippen LogP contribution in [-0.2, 0) is 51.7 Å². The molecule has 36 heavy (non-hydrogen) atoms. The van der Waals surface area contributed by atoms with Crippen LogP contribution in [0.25, 0.3) is 21.9 Å². The Hall–Kier alpha value is -0.973. The Morgan fingerprint density at radius 1 is 1.03 bits per heavy atom. The smallest absolute Gasteiger partial charge is 0.677 e. The van der Waals surface area contributed by atoms with Gasteiger partial charge in [-0.1, -0.05) is 69.3 Å². The van der Waals surface area contributed by atoms with Gasteiger partial charge in [0.05, 0.1) is 0 Å². The van der Waals surface area contributed by atoms with Gasteiger partial charge < -0.3 is 46.5 Å². The van der Waals surface area contributed by atoms with Crippen LogP contribution in [0.5, 0.6) is 0 Å². The van der Waals surface area contributed by atoms with Gasteiger partial charge in [0, 0.05) is 37.9 Å². The SMILES string of the molecule is C#CC([CH-]C(C(=O)O)C(=O)O)C(C)N=[N+]=[N-].O.O.[CH2-]C1CCCCC1[NH-].[CH2-]C1CCCCC1[NH-].[Pt+2].[Pt]. The van der Waals surface area contributed by atoms with Gasteiger partial charge in [-0.25, -0.2) is 0 Å². The van der Waals surface area contributed by atoms with E-state index in [1.54, 1.807) is 0 Å². The van der Waals surface area contributed by atoms with Crippen LogP contribution in [0.3, 0.4) is 0 Å². The van der Waals surface area contributed by atoms with Crippen molar-refractivity contribution in [3.05, 3.63) is 42.2 Å². The van der Waals surface area contributed by atoms with Gasteiger partial charge in [-0.05, 0) is 5.53 Å². The Balaban J connectivity index is -0.000000137. The molecule has 8 N–H and O–H groups in total. The molecule has 6 atom stereocenters. The summed E-state index contributed by atoms with van der Waals surface area (Å²) in [6.45, 7) is 9.26. The number of nitrogens with one attached hydrogen (secondary N) is 2. The number of rotatable bonds is 6. The molecule has 0 aliphatic heterocycles. The minimum Gasteiger partial charge on any atom is -0.677 e. The van der Waals surface area contributed by atoms with Crippen molar-refractivity contribution >= 4 is 11.9 Å². The monoisotopic (exact) mass is 872 g/mol. The molecule has 2 aliphatic rings. The molecular weight excluding hydrogens is 832 g/mol. The van der Waals surface area contributed by atoms with Crippen LogP contribution in [0.4, 0.5) is 0 Å². The van der Waals surface area contributed by atoms with E-state index in [1.807, 2.05) is 0 Å². The number of hydrogen-bond donors (Lipinski definition) is 2. The number of carboxylic acids is 2. The minimum atomic E-state index is -1.71. The van der Waals surface area contributed by atoms with Gasteiger partial charge in [0.15, 0.2) is 0 Å². The maximum Gasteiger partial charge on any atom is 2.00 e. The fraction of sp³-hybridized carbons (Fsp3) is 0.696. The van der Waals surface area contributed by atoms with Gasteiger partial charge in [-0.2, -0.15) is 23.9 Å². The van der Waals surface area contributed by atoms with Gasteiger partial charge in [-0.15, -0.1) is 12.3 Å². The first kappa shape index (κ1) is 45.0. The van der Waals surface area contributed by atoms with Crippen molar-refractivity contribution in [1.29, 1.82) is 0 Å². The van der Waals surface area contributed by atoms with E-state index in [9.17, 15) is 9.59 Å². The van der Waals surface area contributed by atoms with E-state index in [-0.39, 0.29) is 65.2 Å². The first-order valence-corrected chi connectivity index (χ1v) is 10.9. The van der Waals surface area contributed by atoms with E-state index in [0.717, 1.165) is 19.3 Å². The molecule has 6 unspecified atom stereocenters. The molecule has 2 fully saturated rings. The second-order valence-corrected chi connectivity index (χ2v) is 8.29. The average Bonchev–Trinajstić information content (AvgIpc) is 2.73. The fourth-order valence-corrected chi connectivity index (χ4v) is 3.40. The van der Waals surface area contributed by atoms with Crippen molar-refractivity contribution in [2.45, 2.75) is 76.4 Å². The summed E-state index contributed by atoms with van der Waals surface area (Å²) >= 11 is 0. The summed E-state index contributed by atoms with van der Waals surface area (Å²) in [5, 5.41) is 20.5. The van der Waals surface area contributed by atoms with Crippen molar-refractivity contribution < 1.29 is 72.9 Å². The Morgan fingerprint density at radius 3 is 1.61 bits per heavy atom. The largest absolute Gasteiger partial charge is 2.00 e. The molecule has 0 heterocycles. The molecular formula is C23H40N5O6Pt2-3. The molecule has 0 bridgehead atoms. The summed E-state index contributed by atoms with van der Waals surface area (Å²) in [6.07, 6.45) is 15.7. The standard InChI is InChI=1S/C9H10N3O4.2C7H13N.2H2O.2Pt/c1-3-6(5(2)11-12-10)4-7(8(13)14)9(15)16;2*1-6-4-2-3-5-7(6)8;;;;/h1,4-7H,2H3,(H,13,14)(H,15,16);2*6-8H,1-5H2;2*1H2;;/q-1;2*-2;;;;+2. The zero-order valence-electron chi connectivity index (χ0n) is 20.5. The normalized spacial score (nSPS) is 23.6. The first-order valence-electron chi connectivity index (χ1n) is 10.9. The maximum absolute atomic E-state index is 10.6. The van der Waals surface area contributed by atoms with E-state index >= 15 is 0 Å². The van der Waals surface area contributed by atoms with Crippen molar-refractivity contribution in [1.82, 2.24) is 0 Å². The molecule has 0 spiro atoms. The summed E-state index contributed by atoms with van der Waals surface area (Å²) in [6, 6.07) is -0.413. The molecule has 2 rings (SSSR count). The average molecular weight is 873 g/mol. The van der Waals surface area contributed by atoms with Crippen LogP contribution < -0.4 is 0 Å². The molecule has 2 saturated carbocycles. The summed E-state index contributed by atoms with van der Waals surface area (Å²) in [5.74, 6) is -2.56. The van der Waals surface area contributed by atoms with Gasteiger partial charge in [0.1, 0.15) is 0 Å². The minimum absolute atomic E-state index is 0. The molecule has 216 valence electrons. The third kappa shape index (κ3) is 19.2. The quantitative estimate of drug-likeness (QED) is 0.100. The maximum atomic E-state index is 10.6. The zero-order chi connectivity index (χ0) is 24.7. The van der Waals surface area contributed by atoms with Gasteiger partial charge in [-0.3, -0.25) is 16.0 Å². The fourth-order valence-electron chi connectivity index (χ4n) is 3.40. The van der Waals surface area contributed by atoms with Crippen molar-refractivity contribution in [2.24, 2.45) is 28.8 Å². The van der Waals surface area contributed by atoms with Crippen molar-refractivity contribution in [2.75, 3.05) is 0 Å². The topological polar surface area (TPSA) is 234 Å². The predicted molar refractivity (Wildman–Crippen MR) is 132 cm³/mol. The number of carbonyl (C=O) groups is 2. The number of hydrogen-bond acceptors (Lipinski definition) is 3. The molecule has 11 nitrogen and oxygen atoms in total. The number of azide groups is 1. The molecule has 0 saturated heterocycles. The van der Waals surface area contributed by atoms with Crippen LogP contribution in [-0.4, -0.2) is 51.2 Å². The molecule has 0 amide bonds. The number of terminal acetylenes is 1. The van der Waals surface area contributed by atoms with Crippen molar-refractivity contribution in [3.63, 3.8) is 0 Å². The van der Waals surface area contributed by atoms with Gasteiger partial charge >= 0.3 is 21.1 Å². The van der Waals surface area contributed by atoms with E-state index in [4.69, 9.17) is 33.6 Å². The van der Waals surface area contributed by atoms with E-state index in [1.165, 1.54) is 45.4 Å². The second-order valence-electron chi connectivity index (χ2n) is 8.29.